The number of carbonyl (C=O) groups excluding carboxylic acids is 2. The van der Waals surface area contributed by atoms with Crippen LogP contribution in [0.4, 0.5) is 4.79 Å². The van der Waals surface area contributed by atoms with Crippen molar-refractivity contribution >= 4 is 34.9 Å². The van der Waals surface area contributed by atoms with Gasteiger partial charge in [0.05, 0.1) is 24.5 Å². The number of thioether (sulfide) groups is 1. The molecule has 4 atom stereocenters. The first-order valence-electron chi connectivity index (χ1n) is 15.0. The predicted molar refractivity (Wildman–Crippen MR) is 160 cm³/mol. The summed E-state index contributed by atoms with van der Waals surface area (Å²) < 4.78 is 4.57. The molecular weight excluding hydrogens is 546 g/mol. The Balaban J connectivity index is 1.13. The summed E-state index contributed by atoms with van der Waals surface area (Å²) in [5.74, 6) is 1.04. The van der Waals surface area contributed by atoms with Crippen molar-refractivity contribution < 1.29 is 14.7 Å². The van der Waals surface area contributed by atoms with E-state index in [1.54, 1.807) is 29.4 Å². The number of aliphatic hydroxyl groups is 1. The van der Waals surface area contributed by atoms with Crippen LogP contribution < -0.4 is 27.2 Å². The van der Waals surface area contributed by atoms with Crippen LogP contribution in [-0.4, -0.2) is 71.5 Å². The molecule has 13 heteroatoms. The van der Waals surface area contributed by atoms with Gasteiger partial charge in [0.1, 0.15) is 0 Å². The van der Waals surface area contributed by atoms with Crippen molar-refractivity contribution in [1.29, 1.82) is 0 Å². The minimum absolute atomic E-state index is 0.0638. The van der Waals surface area contributed by atoms with Gasteiger partial charge in [0.2, 0.25) is 5.91 Å². The van der Waals surface area contributed by atoms with Gasteiger partial charge in [-0.05, 0) is 51.9 Å². The Morgan fingerprint density at radius 2 is 1.83 bits per heavy atom. The Hall–Kier alpha value is -2.80. The summed E-state index contributed by atoms with van der Waals surface area (Å²) in [7, 11) is 1.76. The second-order valence-electron chi connectivity index (χ2n) is 11.4. The molecule has 0 spiro atoms. The Bertz CT molecular complexity index is 1300. The molecule has 4 rings (SSSR count). The number of aromatic nitrogens is 4. The summed E-state index contributed by atoms with van der Waals surface area (Å²) in [5.41, 5.74) is 0.198. The van der Waals surface area contributed by atoms with E-state index >= 15 is 0 Å². The summed E-state index contributed by atoms with van der Waals surface area (Å²) >= 11 is 1.90. The van der Waals surface area contributed by atoms with Crippen molar-refractivity contribution in [2.45, 2.75) is 114 Å². The number of hydrogen-bond acceptors (Lipinski definition) is 7. The third kappa shape index (κ3) is 8.15. The third-order valence-corrected chi connectivity index (χ3v) is 9.56. The molecule has 0 radical (unpaired) electrons. The molecule has 0 saturated carbocycles. The molecule has 0 aliphatic carbocycles. The number of imidazole rings is 1. The van der Waals surface area contributed by atoms with Crippen molar-refractivity contribution in [1.82, 2.24) is 34.6 Å². The van der Waals surface area contributed by atoms with Crippen molar-refractivity contribution in [2.75, 3.05) is 12.3 Å². The Morgan fingerprint density at radius 1 is 1.07 bits per heavy atom. The number of hydrogen-bond donors (Lipinski definition) is 4. The largest absolute Gasteiger partial charge is 0.393 e. The summed E-state index contributed by atoms with van der Waals surface area (Å²) in [5, 5.41) is 18.9. The summed E-state index contributed by atoms with van der Waals surface area (Å²) in [6, 6.07) is 0.392. The highest BCUT2D eigenvalue weighted by atomic mass is 32.2. The quantitative estimate of drug-likeness (QED) is 0.162. The van der Waals surface area contributed by atoms with Crippen LogP contribution in [0.2, 0.25) is 0 Å². The van der Waals surface area contributed by atoms with Crippen molar-refractivity contribution in [3.63, 3.8) is 0 Å². The van der Waals surface area contributed by atoms with E-state index in [2.05, 4.69) is 20.9 Å². The molecule has 2 aliphatic heterocycles. The molecule has 0 bridgehead atoms. The lowest BCUT2D eigenvalue weighted by Gasteiger charge is -2.16. The molecule has 3 amide bonds. The zero-order valence-corrected chi connectivity index (χ0v) is 25.1. The van der Waals surface area contributed by atoms with E-state index in [0.717, 1.165) is 57.1 Å². The highest BCUT2D eigenvalue weighted by molar-refractivity contribution is 8.00. The molecule has 2 aromatic rings. The molecule has 4 N–H and O–H groups in total. The van der Waals surface area contributed by atoms with Gasteiger partial charge in [0.25, 0.3) is 5.56 Å². The van der Waals surface area contributed by atoms with Crippen LogP contribution in [0.15, 0.2) is 15.9 Å². The van der Waals surface area contributed by atoms with E-state index in [9.17, 15) is 24.3 Å². The number of fused-ring (bicyclic) bond motifs is 2. The van der Waals surface area contributed by atoms with E-state index in [1.165, 1.54) is 4.57 Å². The first kappa shape index (κ1) is 31.1. The molecule has 4 heterocycles. The number of aliphatic hydroxyl groups excluding tert-OH is 1. The number of unbranched alkanes of at least 4 members (excludes halogenated alkanes) is 5. The van der Waals surface area contributed by atoms with Crippen molar-refractivity contribution in [3.05, 3.63) is 27.2 Å². The average Bonchev–Trinajstić information content (AvgIpc) is 3.61. The molecule has 2 aliphatic rings. The number of nitrogens with zero attached hydrogens (tertiary/aromatic N) is 4. The molecule has 41 heavy (non-hydrogen) atoms. The summed E-state index contributed by atoms with van der Waals surface area (Å²) in [6.45, 7) is 3.17. The fraction of sp³-hybridized carbons (Fsp3) is 0.750. The van der Waals surface area contributed by atoms with Gasteiger partial charge in [0, 0.05) is 44.1 Å². The highest BCUT2D eigenvalue weighted by Crippen LogP contribution is 2.33. The molecular formula is C28H45N7O5S. The monoisotopic (exact) mass is 591 g/mol. The Morgan fingerprint density at radius 3 is 2.63 bits per heavy atom. The molecule has 2 fully saturated rings. The first-order valence-corrected chi connectivity index (χ1v) is 16.1. The van der Waals surface area contributed by atoms with E-state index in [1.807, 2.05) is 11.8 Å². The van der Waals surface area contributed by atoms with Gasteiger partial charge in [-0.25, -0.2) is 14.6 Å². The van der Waals surface area contributed by atoms with Crippen molar-refractivity contribution in [3.8, 4) is 0 Å². The minimum Gasteiger partial charge on any atom is -0.393 e. The van der Waals surface area contributed by atoms with Gasteiger partial charge in [-0.2, -0.15) is 11.8 Å². The number of rotatable bonds is 17. The van der Waals surface area contributed by atoms with E-state index in [4.69, 9.17) is 0 Å². The van der Waals surface area contributed by atoms with Gasteiger partial charge in [-0.3, -0.25) is 18.7 Å². The fourth-order valence-electron chi connectivity index (χ4n) is 5.76. The van der Waals surface area contributed by atoms with Gasteiger partial charge < -0.3 is 25.6 Å². The lowest BCUT2D eigenvalue weighted by atomic mass is 10.0. The van der Waals surface area contributed by atoms with Gasteiger partial charge in [-0.1, -0.05) is 19.3 Å². The van der Waals surface area contributed by atoms with Crippen LogP contribution in [0, 0.1) is 0 Å². The second kappa shape index (κ2) is 14.9. The highest BCUT2D eigenvalue weighted by Gasteiger charge is 2.42. The number of amides is 3. The van der Waals surface area contributed by atoms with E-state index in [-0.39, 0.29) is 35.3 Å². The molecule has 2 saturated heterocycles. The smallest absolute Gasteiger partial charge is 0.332 e. The zero-order valence-electron chi connectivity index (χ0n) is 24.3. The van der Waals surface area contributed by atoms with Gasteiger partial charge in [-0.15, -0.1) is 0 Å². The minimum atomic E-state index is -0.396. The standard InChI is InChI=1S/C28H45N7O5S/c1-19(36)11-7-10-16-35-26(38)24-25(30-18-33(24)2)34(28(35)40)15-9-4-3-8-14-29-22(37)13-6-5-12-21-23-20(17-41-21)31-27(39)32-23/h18-21,23,36H,3-17H2,1-2H3,(H,29,37)(H2,31,32,39)/t19-,20+,21?,23+/m1/s1. The van der Waals surface area contributed by atoms with Crippen LogP contribution in [0.1, 0.15) is 77.6 Å². The number of carbonyl (C=O) groups is 2. The number of urea groups is 1. The van der Waals surface area contributed by atoms with E-state index in [0.29, 0.717) is 55.3 Å². The molecule has 0 aromatic carbocycles. The molecule has 1 unspecified atom stereocenters. The van der Waals surface area contributed by atoms with Gasteiger partial charge >= 0.3 is 11.7 Å². The predicted octanol–water partition coefficient (Wildman–Crippen LogP) is 1.85. The van der Waals surface area contributed by atoms with Crippen LogP contribution >= 0.6 is 11.8 Å². The van der Waals surface area contributed by atoms with Crippen LogP contribution in [0.5, 0.6) is 0 Å². The topological polar surface area (TPSA) is 152 Å². The number of nitrogens with one attached hydrogen (secondary N) is 3. The lowest BCUT2D eigenvalue weighted by molar-refractivity contribution is -0.121. The second-order valence-corrected chi connectivity index (χ2v) is 12.7. The lowest BCUT2D eigenvalue weighted by Crippen LogP contribution is -2.40. The molecule has 2 aromatic heterocycles. The fourth-order valence-corrected chi connectivity index (χ4v) is 7.30. The number of aryl methyl sites for hydroxylation is 2. The molecule has 12 nitrogen and oxygen atoms in total. The average molecular weight is 592 g/mol. The van der Waals surface area contributed by atoms with Crippen LogP contribution in [0.3, 0.4) is 0 Å². The normalized spacial score (nSPS) is 20.7. The summed E-state index contributed by atoms with van der Waals surface area (Å²) in [6.07, 6.45) is 10.0. The Labute approximate surface area is 244 Å². The third-order valence-electron chi connectivity index (χ3n) is 8.05. The maximum Gasteiger partial charge on any atom is 0.332 e. The Kier molecular flexibility index (Phi) is 11.3. The summed E-state index contributed by atoms with van der Waals surface area (Å²) in [4.78, 5) is 54.2. The van der Waals surface area contributed by atoms with Crippen LogP contribution in [0.25, 0.3) is 11.2 Å². The molecule has 228 valence electrons. The first-order chi connectivity index (χ1) is 19.8. The maximum absolute atomic E-state index is 13.2. The van der Waals surface area contributed by atoms with E-state index < -0.39 is 6.10 Å². The van der Waals surface area contributed by atoms with Crippen molar-refractivity contribution in [2.24, 2.45) is 7.05 Å². The van der Waals surface area contributed by atoms with Crippen LogP contribution in [-0.2, 0) is 24.9 Å². The maximum atomic E-state index is 13.2. The zero-order chi connectivity index (χ0) is 29.4. The van der Waals surface area contributed by atoms with Gasteiger partial charge in [0.15, 0.2) is 11.2 Å². The SMILES string of the molecule is C[C@@H](O)CCCCn1c(=O)c2c(ncn2C)n(CCCCCCNC(=O)CCCCC2SC[C@@H]3NC(=O)N[C@H]23)c1=O.